The Hall–Kier alpha value is -3.01. The monoisotopic (exact) mass is 415 g/mol. The first-order valence-electron chi connectivity index (χ1n) is 8.93. The summed E-state index contributed by atoms with van der Waals surface area (Å²) in [5.41, 5.74) is 3.22. The predicted molar refractivity (Wildman–Crippen MR) is 108 cm³/mol. The number of imide groups is 1. The van der Waals surface area contributed by atoms with E-state index in [2.05, 4.69) is 20.5 Å². The van der Waals surface area contributed by atoms with Gasteiger partial charge < -0.3 is 9.73 Å². The number of aryl methyl sites for hydroxylation is 2. The van der Waals surface area contributed by atoms with E-state index in [-0.39, 0.29) is 35.1 Å². The van der Waals surface area contributed by atoms with Gasteiger partial charge in [-0.15, -0.1) is 10.2 Å². The summed E-state index contributed by atoms with van der Waals surface area (Å²) >= 11 is 1.11. The van der Waals surface area contributed by atoms with Gasteiger partial charge in [-0.1, -0.05) is 23.9 Å². The first-order chi connectivity index (χ1) is 13.7. The predicted octanol–water partition coefficient (Wildman–Crippen LogP) is 2.63. The molecule has 1 aromatic carbocycles. The number of aromatic nitrogens is 2. The third-order valence-corrected chi connectivity index (χ3v) is 5.33. The van der Waals surface area contributed by atoms with Crippen molar-refractivity contribution in [3.8, 4) is 0 Å². The molecular weight excluding hydrogens is 394 g/mol. The summed E-state index contributed by atoms with van der Waals surface area (Å²) in [7, 11) is 1.39. The number of rotatable bonds is 6. The minimum atomic E-state index is -0.622. The summed E-state index contributed by atoms with van der Waals surface area (Å²) in [6.07, 6.45) is 0.147. The number of urea groups is 1. The van der Waals surface area contributed by atoms with E-state index >= 15 is 0 Å². The maximum Gasteiger partial charge on any atom is 0.349 e. The van der Waals surface area contributed by atoms with Crippen LogP contribution in [0.15, 0.2) is 32.8 Å². The molecule has 0 fully saturated rings. The number of nitrogens with one attached hydrogen (secondary N) is 1. The fraction of sp³-hybridized carbons (Fsp3) is 0.368. The van der Waals surface area contributed by atoms with Crippen LogP contribution >= 0.6 is 11.8 Å². The van der Waals surface area contributed by atoms with Gasteiger partial charge in [0.15, 0.2) is 0 Å². The van der Waals surface area contributed by atoms with Crippen molar-refractivity contribution in [3.63, 3.8) is 0 Å². The number of hydrogen-bond acceptors (Lipinski definition) is 7. The number of nitrogens with zero attached hydrogens (tertiary/aromatic N) is 4. The molecule has 2 aromatic rings. The van der Waals surface area contributed by atoms with Gasteiger partial charge in [0.2, 0.25) is 17.7 Å². The van der Waals surface area contributed by atoms with Crippen molar-refractivity contribution in [3.05, 3.63) is 35.2 Å². The lowest BCUT2D eigenvalue weighted by atomic mass is 9.97. The molecular formula is C19H21N5O4S. The Morgan fingerprint density at radius 1 is 1.24 bits per heavy atom. The summed E-state index contributed by atoms with van der Waals surface area (Å²) in [4.78, 5) is 40.9. The van der Waals surface area contributed by atoms with Crippen LogP contribution < -0.4 is 5.32 Å². The molecule has 3 rings (SSSR count). The van der Waals surface area contributed by atoms with E-state index in [4.69, 9.17) is 4.42 Å². The second-order valence-corrected chi connectivity index (χ2v) is 7.73. The molecule has 1 aliphatic heterocycles. The van der Waals surface area contributed by atoms with Gasteiger partial charge in [0.1, 0.15) is 0 Å². The minimum absolute atomic E-state index is 0.106. The molecule has 1 N–H and O–H groups in total. The van der Waals surface area contributed by atoms with Gasteiger partial charge in [0, 0.05) is 24.9 Å². The highest BCUT2D eigenvalue weighted by Gasteiger charge is 2.34. The summed E-state index contributed by atoms with van der Waals surface area (Å²) in [5, 5.41) is 10.9. The average molecular weight is 415 g/mol. The number of hydrogen-bond donors (Lipinski definition) is 1. The quantitative estimate of drug-likeness (QED) is 0.721. The molecule has 0 spiro atoms. The van der Waals surface area contributed by atoms with E-state index in [1.807, 2.05) is 32.0 Å². The summed E-state index contributed by atoms with van der Waals surface area (Å²) in [6.45, 7) is 5.51. The van der Waals surface area contributed by atoms with Gasteiger partial charge in [-0.3, -0.25) is 14.5 Å². The Morgan fingerprint density at radius 3 is 2.76 bits per heavy atom. The third-order valence-electron chi connectivity index (χ3n) is 4.51. The Morgan fingerprint density at radius 2 is 2.00 bits per heavy atom. The molecule has 4 amide bonds. The van der Waals surface area contributed by atoms with Crippen LogP contribution in [-0.2, 0) is 16.0 Å². The lowest BCUT2D eigenvalue weighted by Gasteiger charge is -2.24. The van der Waals surface area contributed by atoms with Crippen LogP contribution in [0, 0.1) is 19.8 Å². The zero-order valence-electron chi connectivity index (χ0n) is 16.6. The normalized spacial score (nSPS) is 16.8. The lowest BCUT2D eigenvalue weighted by Crippen LogP contribution is -2.44. The van der Waals surface area contributed by atoms with Gasteiger partial charge in [-0.25, -0.2) is 9.79 Å². The zero-order valence-corrected chi connectivity index (χ0v) is 17.4. The van der Waals surface area contributed by atoms with Gasteiger partial charge in [-0.2, -0.15) is 0 Å². The number of thioether (sulfide) groups is 1. The second kappa shape index (κ2) is 8.56. The van der Waals surface area contributed by atoms with E-state index in [9.17, 15) is 14.4 Å². The molecule has 1 unspecified atom stereocenters. The zero-order chi connectivity index (χ0) is 21.1. The summed E-state index contributed by atoms with van der Waals surface area (Å²) < 4.78 is 5.54. The Bertz CT molecular complexity index is 1000. The topological polar surface area (TPSA) is 118 Å². The van der Waals surface area contributed by atoms with Crippen molar-refractivity contribution in [1.82, 2.24) is 15.1 Å². The largest absolute Gasteiger partial charge is 0.416 e. The highest BCUT2D eigenvalue weighted by Crippen LogP contribution is 2.22. The fourth-order valence-electron chi connectivity index (χ4n) is 2.78. The molecule has 0 saturated carbocycles. The molecule has 0 bridgehead atoms. The van der Waals surface area contributed by atoms with Crippen LogP contribution in [0.3, 0.4) is 0 Å². The van der Waals surface area contributed by atoms with Crippen LogP contribution in [0.1, 0.15) is 23.9 Å². The molecule has 0 aliphatic carbocycles. The number of carbonyl (C=O) groups excluding carboxylic acids is 3. The summed E-state index contributed by atoms with van der Waals surface area (Å²) in [5.74, 6) is -0.812. The Kier molecular flexibility index (Phi) is 6.12. The average Bonchev–Trinajstić information content (AvgIpc) is 3.12. The van der Waals surface area contributed by atoms with Crippen molar-refractivity contribution in [2.45, 2.75) is 32.4 Å². The summed E-state index contributed by atoms with van der Waals surface area (Å²) in [6, 6.07) is 5.26. The van der Waals surface area contributed by atoms with Gasteiger partial charge in [0.25, 0.3) is 5.22 Å². The van der Waals surface area contributed by atoms with Crippen LogP contribution in [0.4, 0.5) is 10.5 Å². The Balaban J connectivity index is 1.57. The van der Waals surface area contributed by atoms with E-state index in [1.165, 1.54) is 7.05 Å². The van der Waals surface area contributed by atoms with Crippen molar-refractivity contribution in [2.75, 3.05) is 18.1 Å². The molecule has 2 heterocycles. The van der Waals surface area contributed by atoms with Gasteiger partial charge in [-0.05, 0) is 38.0 Å². The van der Waals surface area contributed by atoms with Crippen LogP contribution in [0.2, 0.25) is 0 Å². The van der Waals surface area contributed by atoms with E-state index in [0.717, 1.165) is 33.5 Å². The van der Waals surface area contributed by atoms with Gasteiger partial charge >= 0.3 is 6.03 Å². The second-order valence-electron chi connectivity index (χ2n) is 6.81. The maximum absolute atomic E-state index is 12.3. The van der Waals surface area contributed by atoms with Crippen molar-refractivity contribution >= 4 is 41.0 Å². The third kappa shape index (κ3) is 4.89. The Labute approximate surface area is 172 Å². The molecule has 1 aliphatic rings. The highest BCUT2D eigenvalue weighted by atomic mass is 32.2. The van der Waals surface area contributed by atoms with E-state index in [0.29, 0.717) is 5.71 Å². The number of aliphatic imine (C=N–C) groups is 1. The minimum Gasteiger partial charge on any atom is -0.416 e. The fourth-order valence-corrected chi connectivity index (χ4v) is 3.36. The molecule has 10 heteroatoms. The van der Waals surface area contributed by atoms with Gasteiger partial charge in [0.05, 0.1) is 11.7 Å². The number of carbonyl (C=O) groups is 3. The van der Waals surface area contributed by atoms with E-state index in [1.54, 1.807) is 6.92 Å². The van der Waals surface area contributed by atoms with Crippen molar-refractivity contribution in [2.24, 2.45) is 10.9 Å². The SMILES string of the molecule is CC1=NC(=O)N(C)C(=O)C1Cc1nnc(SCC(=O)Nc2cc(C)ccc2C)o1. The molecule has 9 nitrogen and oxygen atoms in total. The molecule has 0 saturated heterocycles. The number of benzene rings is 1. The smallest absolute Gasteiger partial charge is 0.349 e. The number of anilines is 1. The molecule has 0 radical (unpaired) electrons. The van der Waals surface area contributed by atoms with Crippen LogP contribution in [0.5, 0.6) is 0 Å². The standard InChI is InChI=1S/C19H21N5O4S/c1-10-5-6-11(2)14(7-10)21-15(25)9-29-19-23-22-16(28-19)8-13-12(3)20-18(27)24(4)17(13)26/h5-7,13H,8-9H2,1-4H3,(H,21,25). The number of amides is 4. The lowest BCUT2D eigenvalue weighted by molar-refractivity contribution is -0.129. The van der Waals surface area contributed by atoms with Crippen molar-refractivity contribution in [1.29, 1.82) is 0 Å². The molecule has 1 atom stereocenters. The van der Waals surface area contributed by atoms with Crippen molar-refractivity contribution < 1.29 is 18.8 Å². The first kappa shape index (κ1) is 20.7. The first-order valence-corrected chi connectivity index (χ1v) is 9.92. The van der Waals surface area contributed by atoms with Crippen LogP contribution in [0.25, 0.3) is 0 Å². The maximum atomic E-state index is 12.3. The van der Waals surface area contributed by atoms with Crippen LogP contribution in [-0.4, -0.2) is 51.5 Å². The molecule has 29 heavy (non-hydrogen) atoms. The van der Waals surface area contributed by atoms with E-state index < -0.39 is 11.9 Å². The highest BCUT2D eigenvalue weighted by molar-refractivity contribution is 7.99. The molecule has 1 aromatic heterocycles. The molecule has 152 valence electrons.